The normalized spacial score (nSPS) is 15.4. The number of nitrogens with one attached hydrogen (secondary N) is 2. The van der Waals surface area contributed by atoms with E-state index < -0.39 is 11.8 Å². The molecule has 130 valence electrons. The molecule has 0 aliphatic carbocycles. The predicted molar refractivity (Wildman–Crippen MR) is 94.2 cm³/mol. The number of aryl methyl sites for hydroxylation is 1. The van der Waals surface area contributed by atoms with Crippen LogP contribution in [-0.4, -0.2) is 31.1 Å². The van der Waals surface area contributed by atoms with Gasteiger partial charge in [-0.1, -0.05) is 29.8 Å². The third kappa shape index (κ3) is 4.22. The maximum absolute atomic E-state index is 11.9. The third-order valence-electron chi connectivity index (χ3n) is 3.69. The van der Waals surface area contributed by atoms with E-state index in [4.69, 9.17) is 21.1 Å². The molecule has 6 nitrogen and oxygen atoms in total. The fraction of sp³-hybridized carbons (Fsp3) is 0.222. The van der Waals surface area contributed by atoms with E-state index in [9.17, 15) is 9.59 Å². The molecule has 1 unspecified atom stereocenters. The molecule has 1 aliphatic heterocycles. The van der Waals surface area contributed by atoms with Crippen LogP contribution in [0.4, 0.5) is 5.69 Å². The first-order chi connectivity index (χ1) is 12.0. The van der Waals surface area contributed by atoms with Gasteiger partial charge in [0, 0.05) is 10.7 Å². The van der Waals surface area contributed by atoms with Gasteiger partial charge in [0.1, 0.15) is 12.7 Å². The van der Waals surface area contributed by atoms with Crippen molar-refractivity contribution in [2.75, 3.05) is 18.5 Å². The number of fused-ring (bicyclic) bond motifs is 1. The molecule has 0 spiro atoms. The summed E-state index contributed by atoms with van der Waals surface area (Å²) in [5, 5.41) is 5.56. The van der Waals surface area contributed by atoms with Crippen molar-refractivity contribution in [3.8, 4) is 11.5 Å². The third-order valence-corrected chi connectivity index (χ3v) is 4.10. The number of hydrogen-bond donors (Lipinski definition) is 2. The van der Waals surface area contributed by atoms with Crippen molar-refractivity contribution in [2.24, 2.45) is 0 Å². The Balaban J connectivity index is 1.51. The van der Waals surface area contributed by atoms with Gasteiger partial charge in [-0.3, -0.25) is 9.59 Å². The van der Waals surface area contributed by atoms with Crippen molar-refractivity contribution in [1.82, 2.24) is 5.32 Å². The fourth-order valence-corrected chi connectivity index (χ4v) is 2.49. The quantitative estimate of drug-likeness (QED) is 0.825. The van der Waals surface area contributed by atoms with E-state index in [-0.39, 0.29) is 12.6 Å². The molecule has 0 radical (unpaired) electrons. The molecule has 7 heteroatoms. The van der Waals surface area contributed by atoms with Crippen LogP contribution in [0.15, 0.2) is 42.5 Å². The lowest BCUT2D eigenvalue weighted by Gasteiger charge is -2.26. The monoisotopic (exact) mass is 360 g/mol. The second-order valence-corrected chi connectivity index (χ2v) is 6.03. The van der Waals surface area contributed by atoms with Gasteiger partial charge in [0.2, 0.25) is 0 Å². The molecule has 25 heavy (non-hydrogen) atoms. The largest absolute Gasteiger partial charge is 0.486 e. The number of benzene rings is 2. The Kier molecular flexibility index (Phi) is 5.09. The molecule has 0 bridgehead atoms. The number of ether oxygens (including phenoxy) is 2. The molecule has 2 aromatic rings. The molecule has 2 aromatic carbocycles. The average molecular weight is 361 g/mol. The molecule has 1 heterocycles. The number of amides is 2. The topological polar surface area (TPSA) is 76.7 Å². The maximum Gasteiger partial charge on any atom is 0.313 e. The van der Waals surface area contributed by atoms with E-state index in [1.54, 1.807) is 24.3 Å². The van der Waals surface area contributed by atoms with E-state index in [0.29, 0.717) is 28.8 Å². The highest BCUT2D eigenvalue weighted by molar-refractivity contribution is 6.39. The zero-order valence-corrected chi connectivity index (χ0v) is 14.3. The van der Waals surface area contributed by atoms with Crippen molar-refractivity contribution in [1.29, 1.82) is 0 Å². The lowest BCUT2D eigenvalue weighted by molar-refractivity contribution is -0.136. The van der Waals surface area contributed by atoms with E-state index in [1.807, 2.05) is 25.1 Å². The van der Waals surface area contributed by atoms with Gasteiger partial charge >= 0.3 is 11.8 Å². The minimum atomic E-state index is -0.767. The number of hydrogen-bond acceptors (Lipinski definition) is 4. The Morgan fingerprint density at radius 2 is 1.92 bits per heavy atom. The van der Waals surface area contributed by atoms with Gasteiger partial charge in [-0.15, -0.1) is 0 Å². The second kappa shape index (κ2) is 7.44. The Labute approximate surface area is 150 Å². The van der Waals surface area contributed by atoms with Crippen LogP contribution in [0.3, 0.4) is 0 Å². The Morgan fingerprint density at radius 1 is 1.16 bits per heavy atom. The zero-order valence-electron chi connectivity index (χ0n) is 13.5. The summed E-state index contributed by atoms with van der Waals surface area (Å²) >= 11 is 6.00. The van der Waals surface area contributed by atoms with Crippen molar-refractivity contribution in [3.05, 3.63) is 53.1 Å². The molecule has 2 N–H and O–H groups in total. The number of rotatable bonds is 3. The molecule has 0 fully saturated rings. The number of carbonyl (C=O) groups is 2. The maximum atomic E-state index is 11.9. The van der Waals surface area contributed by atoms with E-state index in [0.717, 1.165) is 5.56 Å². The zero-order chi connectivity index (χ0) is 17.8. The van der Waals surface area contributed by atoms with Gasteiger partial charge < -0.3 is 20.1 Å². The molecule has 1 atom stereocenters. The molecule has 3 rings (SSSR count). The minimum Gasteiger partial charge on any atom is -0.486 e. The summed E-state index contributed by atoms with van der Waals surface area (Å²) < 4.78 is 11.3. The Hall–Kier alpha value is -2.73. The van der Waals surface area contributed by atoms with Crippen LogP contribution in [0.25, 0.3) is 0 Å². The van der Waals surface area contributed by atoms with E-state index >= 15 is 0 Å². The van der Waals surface area contributed by atoms with Crippen LogP contribution in [0.1, 0.15) is 5.56 Å². The molecule has 0 saturated carbocycles. The number of carbonyl (C=O) groups excluding carboxylic acids is 2. The molecule has 0 aromatic heterocycles. The summed E-state index contributed by atoms with van der Waals surface area (Å²) in [6.45, 7) is 2.31. The minimum absolute atomic E-state index is 0.162. The predicted octanol–water partition coefficient (Wildman–Crippen LogP) is 2.54. The average Bonchev–Trinajstić information content (AvgIpc) is 2.62. The summed E-state index contributed by atoms with van der Waals surface area (Å²) in [7, 11) is 0. The lowest BCUT2D eigenvalue weighted by Crippen LogP contribution is -2.44. The standard InChI is InChI=1S/C18H17ClN2O4/c1-11-6-7-12(8-14(11)19)21-18(23)17(22)20-9-13-10-24-15-4-2-3-5-16(15)25-13/h2-8,13H,9-10H2,1H3,(H,20,22)(H,21,23). The first-order valence-corrected chi connectivity index (χ1v) is 8.14. The second-order valence-electron chi connectivity index (χ2n) is 5.63. The lowest BCUT2D eigenvalue weighted by atomic mass is 10.2. The van der Waals surface area contributed by atoms with Crippen LogP contribution in [0, 0.1) is 6.92 Å². The first kappa shape index (κ1) is 17.1. The SMILES string of the molecule is Cc1ccc(NC(=O)C(=O)NCC2COc3ccccc3O2)cc1Cl. The van der Waals surface area contributed by atoms with Gasteiger partial charge in [0.25, 0.3) is 0 Å². The number of para-hydroxylation sites is 2. The van der Waals surface area contributed by atoms with Gasteiger partial charge in [-0.05, 0) is 36.8 Å². The van der Waals surface area contributed by atoms with Gasteiger partial charge in [0.05, 0.1) is 6.54 Å². The fourth-order valence-electron chi connectivity index (χ4n) is 2.31. The molecule has 1 aliphatic rings. The summed E-state index contributed by atoms with van der Waals surface area (Å²) in [5.74, 6) is -0.234. The summed E-state index contributed by atoms with van der Waals surface area (Å²) in [6.07, 6.45) is -0.361. The smallest absolute Gasteiger partial charge is 0.313 e. The highest BCUT2D eigenvalue weighted by atomic mass is 35.5. The van der Waals surface area contributed by atoms with Gasteiger partial charge in [-0.2, -0.15) is 0 Å². The molecule has 2 amide bonds. The Morgan fingerprint density at radius 3 is 2.68 bits per heavy atom. The van der Waals surface area contributed by atoms with Crippen molar-refractivity contribution >= 4 is 29.1 Å². The Bertz CT molecular complexity index is 809. The molecule has 0 saturated heterocycles. The van der Waals surface area contributed by atoms with Crippen LogP contribution in [-0.2, 0) is 9.59 Å². The van der Waals surface area contributed by atoms with Crippen molar-refractivity contribution in [2.45, 2.75) is 13.0 Å². The molecular formula is C18H17ClN2O4. The number of anilines is 1. The van der Waals surface area contributed by atoms with Crippen LogP contribution in [0.2, 0.25) is 5.02 Å². The van der Waals surface area contributed by atoms with Crippen LogP contribution in [0.5, 0.6) is 11.5 Å². The van der Waals surface area contributed by atoms with Gasteiger partial charge in [-0.25, -0.2) is 0 Å². The van der Waals surface area contributed by atoms with Crippen LogP contribution >= 0.6 is 11.6 Å². The van der Waals surface area contributed by atoms with Crippen LogP contribution < -0.4 is 20.1 Å². The van der Waals surface area contributed by atoms with E-state index in [2.05, 4.69) is 10.6 Å². The molecular weight excluding hydrogens is 344 g/mol. The highest BCUT2D eigenvalue weighted by Crippen LogP contribution is 2.30. The number of halogens is 1. The summed E-state index contributed by atoms with van der Waals surface area (Å²) in [5.41, 5.74) is 1.35. The van der Waals surface area contributed by atoms with Crippen molar-refractivity contribution in [3.63, 3.8) is 0 Å². The summed E-state index contributed by atoms with van der Waals surface area (Å²) in [4.78, 5) is 23.9. The van der Waals surface area contributed by atoms with Gasteiger partial charge in [0.15, 0.2) is 11.5 Å². The summed E-state index contributed by atoms with van der Waals surface area (Å²) in [6, 6.07) is 12.3. The first-order valence-electron chi connectivity index (χ1n) is 7.77. The van der Waals surface area contributed by atoms with E-state index in [1.165, 1.54) is 0 Å². The highest BCUT2D eigenvalue weighted by Gasteiger charge is 2.22. The van der Waals surface area contributed by atoms with Crippen molar-refractivity contribution < 1.29 is 19.1 Å².